The minimum Gasteiger partial charge on any atom is -0.341 e. The standard InChI is InChI=1S/C22H24F2N2O3S/c1-30(28,29)25-16-9-10-26(13-16)22(27)20-12-19(20)17-8-7-15(21(23)24)11-18(17)14-5-3-2-4-6-14/h2-8,11,16,19-21,25H,9-10,12-13H2,1H3/t16-,19+,20-/m1/s1. The van der Waals surface area contributed by atoms with Crippen LogP contribution in [0.3, 0.4) is 0 Å². The highest BCUT2D eigenvalue weighted by Crippen LogP contribution is 2.51. The molecule has 30 heavy (non-hydrogen) atoms. The fraction of sp³-hybridized carbons (Fsp3) is 0.409. The zero-order valence-electron chi connectivity index (χ0n) is 16.6. The lowest BCUT2D eigenvalue weighted by Crippen LogP contribution is -2.38. The number of hydrogen-bond acceptors (Lipinski definition) is 3. The first kappa shape index (κ1) is 20.9. The molecule has 160 valence electrons. The number of nitrogens with zero attached hydrogens (tertiary/aromatic N) is 1. The summed E-state index contributed by atoms with van der Waals surface area (Å²) in [6.45, 7) is 0.885. The van der Waals surface area contributed by atoms with Gasteiger partial charge in [-0.1, -0.05) is 42.5 Å². The molecule has 3 atom stereocenters. The van der Waals surface area contributed by atoms with Crippen LogP contribution in [0.25, 0.3) is 11.1 Å². The van der Waals surface area contributed by atoms with E-state index in [2.05, 4.69) is 4.72 Å². The number of nitrogens with one attached hydrogen (secondary N) is 1. The Morgan fingerprint density at radius 3 is 2.57 bits per heavy atom. The lowest BCUT2D eigenvalue weighted by molar-refractivity contribution is -0.131. The van der Waals surface area contributed by atoms with Gasteiger partial charge in [-0.3, -0.25) is 4.79 Å². The van der Waals surface area contributed by atoms with Crippen molar-refractivity contribution in [1.29, 1.82) is 0 Å². The number of carbonyl (C=O) groups is 1. The van der Waals surface area contributed by atoms with E-state index in [0.29, 0.717) is 25.9 Å². The van der Waals surface area contributed by atoms with Crippen molar-refractivity contribution in [3.8, 4) is 11.1 Å². The van der Waals surface area contributed by atoms with Gasteiger partial charge in [0, 0.05) is 30.6 Å². The molecule has 2 aromatic carbocycles. The van der Waals surface area contributed by atoms with Gasteiger partial charge >= 0.3 is 0 Å². The smallest absolute Gasteiger partial charge is 0.263 e. The molecule has 1 N–H and O–H groups in total. The highest BCUT2D eigenvalue weighted by atomic mass is 32.2. The molecule has 2 aromatic rings. The fourth-order valence-electron chi connectivity index (χ4n) is 4.31. The minimum absolute atomic E-state index is 0.00903. The molecule has 0 bridgehead atoms. The van der Waals surface area contributed by atoms with Gasteiger partial charge in [-0.2, -0.15) is 0 Å². The van der Waals surface area contributed by atoms with E-state index in [0.717, 1.165) is 22.9 Å². The first-order valence-electron chi connectivity index (χ1n) is 9.96. The lowest BCUT2D eigenvalue weighted by atomic mass is 9.94. The van der Waals surface area contributed by atoms with Gasteiger partial charge in [-0.05, 0) is 41.5 Å². The molecule has 1 amide bonds. The van der Waals surface area contributed by atoms with E-state index in [1.54, 1.807) is 11.0 Å². The number of benzene rings is 2. The van der Waals surface area contributed by atoms with Crippen LogP contribution >= 0.6 is 0 Å². The Balaban J connectivity index is 1.52. The Bertz CT molecular complexity index is 1040. The number of halogens is 2. The third-order valence-corrected chi connectivity index (χ3v) is 6.56. The van der Waals surface area contributed by atoms with Crippen molar-refractivity contribution in [2.75, 3.05) is 19.3 Å². The van der Waals surface area contributed by atoms with E-state index >= 15 is 0 Å². The molecule has 4 rings (SSSR count). The number of amides is 1. The van der Waals surface area contributed by atoms with Crippen molar-refractivity contribution in [2.45, 2.75) is 31.2 Å². The molecule has 2 aliphatic rings. The van der Waals surface area contributed by atoms with Crippen LogP contribution in [0.2, 0.25) is 0 Å². The molecule has 1 saturated carbocycles. The highest BCUT2D eigenvalue weighted by Gasteiger charge is 2.47. The van der Waals surface area contributed by atoms with Crippen LogP contribution in [0.5, 0.6) is 0 Å². The minimum atomic E-state index is -3.31. The van der Waals surface area contributed by atoms with Gasteiger partial charge in [0.15, 0.2) is 0 Å². The van der Waals surface area contributed by atoms with E-state index in [4.69, 9.17) is 0 Å². The number of sulfonamides is 1. The Morgan fingerprint density at radius 2 is 1.90 bits per heavy atom. The second kappa shape index (κ2) is 8.07. The molecule has 1 aliphatic heterocycles. The highest BCUT2D eigenvalue weighted by molar-refractivity contribution is 7.88. The first-order chi connectivity index (χ1) is 14.2. The lowest BCUT2D eigenvalue weighted by Gasteiger charge is -2.17. The van der Waals surface area contributed by atoms with Crippen LogP contribution < -0.4 is 4.72 Å². The molecule has 2 fully saturated rings. The molecule has 1 heterocycles. The van der Waals surface area contributed by atoms with Gasteiger partial charge in [0.25, 0.3) is 6.43 Å². The third-order valence-electron chi connectivity index (χ3n) is 5.80. The van der Waals surface area contributed by atoms with Crippen molar-refractivity contribution in [3.05, 3.63) is 59.7 Å². The van der Waals surface area contributed by atoms with Crippen molar-refractivity contribution in [2.24, 2.45) is 5.92 Å². The fourth-order valence-corrected chi connectivity index (χ4v) is 5.10. The predicted octanol–water partition coefficient (Wildman–Crippen LogP) is 3.54. The zero-order chi connectivity index (χ0) is 21.5. The summed E-state index contributed by atoms with van der Waals surface area (Å²) in [7, 11) is -3.31. The van der Waals surface area contributed by atoms with Gasteiger partial charge in [0.2, 0.25) is 15.9 Å². The summed E-state index contributed by atoms with van der Waals surface area (Å²) in [6, 6.07) is 13.8. The molecule has 0 radical (unpaired) electrons. The summed E-state index contributed by atoms with van der Waals surface area (Å²) in [6.07, 6.45) is -0.174. The SMILES string of the molecule is CS(=O)(=O)N[C@@H]1CCN(C(=O)[C@@H]2C[C@H]2c2ccc(C(F)F)cc2-c2ccccc2)C1. The third kappa shape index (κ3) is 4.54. The van der Waals surface area contributed by atoms with Gasteiger partial charge in [-0.25, -0.2) is 21.9 Å². The number of hydrogen-bond donors (Lipinski definition) is 1. The van der Waals surface area contributed by atoms with Crippen LogP contribution in [-0.4, -0.2) is 44.6 Å². The zero-order valence-corrected chi connectivity index (χ0v) is 17.4. The van der Waals surface area contributed by atoms with Crippen LogP contribution in [0.4, 0.5) is 8.78 Å². The Labute approximate surface area is 175 Å². The van der Waals surface area contributed by atoms with Gasteiger partial charge in [0.1, 0.15) is 0 Å². The van der Waals surface area contributed by atoms with E-state index < -0.39 is 16.4 Å². The molecule has 0 spiro atoms. The second-order valence-electron chi connectivity index (χ2n) is 8.12. The molecule has 0 aromatic heterocycles. The summed E-state index contributed by atoms with van der Waals surface area (Å²) in [4.78, 5) is 14.7. The van der Waals surface area contributed by atoms with E-state index in [1.807, 2.05) is 30.3 Å². The number of rotatable bonds is 6. The van der Waals surface area contributed by atoms with E-state index in [1.165, 1.54) is 12.1 Å². The Hall–Kier alpha value is -2.32. The topological polar surface area (TPSA) is 66.5 Å². The van der Waals surface area contributed by atoms with Gasteiger partial charge in [0.05, 0.1) is 6.26 Å². The number of alkyl halides is 2. The quantitative estimate of drug-likeness (QED) is 0.756. The molecule has 8 heteroatoms. The second-order valence-corrected chi connectivity index (χ2v) is 9.90. The van der Waals surface area contributed by atoms with Crippen LogP contribution in [0, 0.1) is 5.92 Å². The molecule has 5 nitrogen and oxygen atoms in total. The number of likely N-dealkylation sites (tertiary alicyclic amines) is 1. The van der Waals surface area contributed by atoms with E-state index in [-0.39, 0.29) is 29.3 Å². The van der Waals surface area contributed by atoms with Crippen LogP contribution in [-0.2, 0) is 14.8 Å². The maximum absolute atomic E-state index is 13.3. The summed E-state index contributed by atoms with van der Waals surface area (Å²) < 4.78 is 51.9. The van der Waals surface area contributed by atoms with E-state index in [9.17, 15) is 22.0 Å². The average molecular weight is 435 g/mol. The van der Waals surface area contributed by atoms with Crippen LogP contribution in [0.15, 0.2) is 48.5 Å². The first-order valence-corrected chi connectivity index (χ1v) is 11.9. The van der Waals surface area contributed by atoms with Crippen LogP contribution in [0.1, 0.15) is 36.3 Å². The summed E-state index contributed by atoms with van der Waals surface area (Å²) >= 11 is 0. The van der Waals surface area contributed by atoms with Crippen molar-refractivity contribution < 1.29 is 22.0 Å². The normalized spacial score (nSPS) is 23.7. The van der Waals surface area contributed by atoms with Gasteiger partial charge < -0.3 is 4.90 Å². The maximum Gasteiger partial charge on any atom is 0.263 e. The molecular weight excluding hydrogens is 410 g/mol. The largest absolute Gasteiger partial charge is 0.341 e. The van der Waals surface area contributed by atoms with Gasteiger partial charge in [-0.15, -0.1) is 0 Å². The molecule has 1 saturated heterocycles. The average Bonchev–Trinajstić information content (AvgIpc) is 3.37. The molecule has 0 unspecified atom stereocenters. The maximum atomic E-state index is 13.3. The van der Waals surface area contributed by atoms with Crippen molar-refractivity contribution >= 4 is 15.9 Å². The Kier molecular flexibility index (Phi) is 5.63. The molecular formula is C22H24F2N2O3S. The Morgan fingerprint density at radius 1 is 1.17 bits per heavy atom. The van der Waals surface area contributed by atoms with Crippen molar-refractivity contribution in [3.63, 3.8) is 0 Å². The van der Waals surface area contributed by atoms with Crippen molar-refractivity contribution in [1.82, 2.24) is 9.62 Å². The predicted molar refractivity (Wildman–Crippen MR) is 111 cm³/mol. The summed E-state index contributed by atoms with van der Waals surface area (Å²) in [5.74, 6) is -0.196. The monoisotopic (exact) mass is 434 g/mol. The number of carbonyl (C=O) groups excluding carboxylic acids is 1. The molecule has 1 aliphatic carbocycles. The summed E-state index contributed by atoms with van der Waals surface area (Å²) in [5, 5.41) is 0. The summed E-state index contributed by atoms with van der Waals surface area (Å²) in [5.41, 5.74) is 2.47.